The third-order valence-corrected chi connectivity index (χ3v) is 4.07. The molecule has 0 atom stereocenters. The molecule has 7 nitrogen and oxygen atoms in total. The zero-order valence-electron chi connectivity index (χ0n) is 15.4. The quantitative estimate of drug-likeness (QED) is 0.728. The van der Waals surface area contributed by atoms with Gasteiger partial charge in [0.05, 0.1) is 0 Å². The molecular formula is C20H23N3O4. The molecule has 3 rings (SSSR count). The second-order valence-corrected chi connectivity index (χ2v) is 6.54. The second-order valence-electron chi connectivity index (χ2n) is 6.54. The Morgan fingerprint density at radius 2 is 1.63 bits per heavy atom. The van der Waals surface area contributed by atoms with Gasteiger partial charge in [0.15, 0.2) is 11.5 Å². The number of anilines is 2. The van der Waals surface area contributed by atoms with E-state index in [9.17, 15) is 9.59 Å². The van der Waals surface area contributed by atoms with E-state index in [1.807, 2.05) is 32.0 Å². The Bertz CT molecular complexity index is 818. The Balaban J connectivity index is 1.43. The molecule has 1 aliphatic rings. The molecule has 0 bridgehead atoms. The highest BCUT2D eigenvalue weighted by Crippen LogP contribution is 2.32. The predicted octanol–water partition coefficient (Wildman–Crippen LogP) is 3.37. The van der Waals surface area contributed by atoms with E-state index >= 15 is 0 Å². The third kappa shape index (κ3) is 5.13. The number of amides is 3. The first-order chi connectivity index (χ1) is 13.0. The Kier molecular flexibility index (Phi) is 5.80. The van der Waals surface area contributed by atoms with Crippen LogP contribution in [0.1, 0.15) is 19.4 Å². The van der Waals surface area contributed by atoms with Crippen molar-refractivity contribution in [3.05, 3.63) is 48.0 Å². The summed E-state index contributed by atoms with van der Waals surface area (Å²) in [4.78, 5) is 23.7. The van der Waals surface area contributed by atoms with Crippen LogP contribution in [0.4, 0.5) is 16.2 Å². The summed E-state index contributed by atoms with van der Waals surface area (Å²) in [6.07, 6.45) is 0.685. The fourth-order valence-electron chi connectivity index (χ4n) is 2.52. The minimum atomic E-state index is -0.283. The van der Waals surface area contributed by atoms with Crippen molar-refractivity contribution < 1.29 is 19.1 Å². The lowest BCUT2D eigenvalue weighted by molar-refractivity contribution is -0.118. The largest absolute Gasteiger partial charge is 0.454 e. The summed E-state index contributed by atoms with van der Waals surface area (Å²) >= 11 is 0. The normalized spacial score (nSPS) is 12.0. The van der Waals surface area contributed by atoms with Crippen molar-refractivity contribution in [1.29, 1.82) is 0 Å². The number of nitrogens with one attached hydrogen (secondary N) is 3. The number of fused-ring (bicyclic) bond motifs is 1. The van der Waals surface area contributed by atoms with Gasteiger partial charge < -0.3 is 25.4 Å². The number of carbonyl (C=O) groups excluding carboxylic acids is 2. The molecular weight excluding hydrogens is 346 g/mol. The van der Waals surface area contributed by atoms with Gasteiger partial charge in [-0.05, 0) is 48.4 Å². The predicted molar refractivity (Wildman–Crippen MR) is 103 cm³/mol. The first-order valence-electron chi connectivity index (χ1n) is 8.85. The summed E-state index contributed by atoms with van der Waals surface area (Å²) < 4.78 is 10.6. The molecule has 0 aliphatic carbocycles. The number of hydrogen-bond donors (Lipinski definition) is 3. The fraction of sp³-hybridized carbons (Fsp3) is 0.300. The molecule has 0 spiro atoms. The maximum Gasteiger partial charge on any atom is 0.319 e. The molecule has 3 N–H and O–H groups in total. The number of ether oxygens (including phenoxy) is 2. The Labute approximate surface area is 158 Å². The van der Waals surface area contributed by atoms with E-state index in [4.69, 9.17) is 9.47 Å². The SMILES string of the molecule is CC(C)C(=O)Nc1ccc(NC(=O)NCCc2ccc3c(c2)OCO3)cc1. The number of benzene rings is 2. The molecule has 142 valence electrons. The molecule has 2 aromatic carbocycles. The fourth-order valence-corrected chi connectivity index (χ4v) is 2.52. The highest BCUT2D eigenvalue weighted by Gasteiger charge is 2.13. The third-order valence-electron chi connectivity index (χ3n) is 4.07. The van der Waals surface area contributed by atoms with E-state index in [-0.39, 0.29) is 24.6 Å². The maximum absolute atomic E-state index is 12.0. The van der Waals surface area contributed by atoms with Crippen LogP contribution in [0.3, 0.4) is 0 Å². The van der Waals surface area contributed by atoms with Crippen LogP contribution < -0.4 is 25.4 Å². The molecule has 7 heteroatoms. The zero-order chi connectivity index (χ0) is 19.2. The van der Waals surface area contributed by atoms with Crippen molar-refractivity contribution in [3.63, 3.8) is 0 Å². The number of rotatable bonds is 6. The molecule has 0 radical (unpaired) electrons. The first kappa shape index (κ1) is 18.6. The molecule has 0 fully saturated rings. The lowest BCUT2D eigenvalue weighted by atomic mass is 10.1. The van der Waals surface area contributed by atoms with Crippen molar-refractivity contribution in [1.82, 2.24) is 5.32 Å². The highest BCUT2D eigenvalue weighted by atomic mass is 16.7. The monoisotopic (exact) mass is 369 g/mol. The number of hydrogen-bond acceptors (Lipinski definition) is 4. The van der Waals surface area contributed by atoms with Gasteiger partial charge in [0.2, 0.25) is 12.7 Å². The molecule has 1 heterocycles. The summed E-state index contributed by atoms with van der Waals surface area (Å²) in [5.41, 5.74) is 2.41. The van der Waals surface area contributed by atoms with Gasteiger partial charge in [-0.3, -0.25) is 4.79 Å². The van der Waals surface area contributed by atoms with Crippen LogP contribution in [0.15, 0.2) is 42.5 Å². The van der Waals surface area contributed by atoms with Crippen molar-refractivity contribution >= 4 is 23.3 Å². The van der Waals surface area contributed by atoms with Gasteiger partial charge in [0.25, 0.3) is 0 Å². The van der Waals surface area contributed by atoms with E-state index in [0.29, 0.717) is 24.3 Å². The average Bonchev–Trinajstić information content (AvgIpc) is 3.11. The van der Waals surface area contributed by atoms with Crippen LogP contribution in [-0.2, 0) is 11.2 Å². The first-order valence-corrected chi connectivity index (χ1v) is 8.85. The zero-order valence-corrected chi connectivity index (χ0v) is 15.4. The van der Waals surface area contributed by atoms with Crippen molar-refractivity contribution in [2.45, 2.75) is 20.3 Å². The Morgan fingerprint density at radius 1 is 0.963 bits per heavy atom. The summed E-state index contributed by atoms with van der Waals surface area (Å²) in [7, 11) is 0. The summed E-state index contributed by atoms with van der Waals surface area (Å²) in [6, 6.07) is 12.5. The molecule has 1 aliphatic heterocycles. The van der Waals surface area contributed by atoms with Crippen LogP contribution in [0.5, 0.6) is 11.5 Å². The standard InChI is InChI=1S/C20H23N3O4/c1-13(2)19(24)22-15-4-6-16(7-5-15)23-20(25)21-10-9-14-3-8-17-18(11-14)27-12-26-17/h3-8,11,13H,9-10,12H2,1-2H3,(H,22,24)(H2,21,23,25). The van der Waals surface area contributed by atoms with Crippen molar-refractivity contribution in [3.8, 4) is 11.5 Å². The lowest BCUT2D eigenvalue weighted by Gasteiger charge is -2.10. The second kappa shape index (κ2) is 8.44. The van der Waals surface area contributed by atoms with Crippen LogP contribution in [-0.4, -0.2) is 25.3 Å². The van der Waals surface area contributed by atoms with E-state index in [0.717, 1.165) is 17.1 Å². The molecule has 0 saturated heterocycles. The molecule has 0 unspecified atom stereocenters. The van der Waals surface area contributed by atoms with Crippen molar-refractivity contribution in [2.75, 3.05) is 24.0 Å². The van der Waals surface area contributed by atoms with Gasteiger partial charge >= 0.3 is 6.03 Å². The van der Waals surface area contributed by atoms with Crippen LogP contribution in [0, 0.1) is 5.92 Å². The molecule has 0 saturated carbocycles. The van der Waals surface area contributed by atoms with Crippen LogP contribution in [0.2, 0.25) is 0 Å². The number of carbonyl (C=O) groups is 2. The molecule has 3 amide bonds. The van der Waals surface area contributed by atoms with Gasteiger partial charge in [-0.25, -0.2) is 4.79 Å². The minimum Gasteiger partial charge on any atom is -0.454 e. The topological polar surface area (TPSA) is 88.7 Å². The molecule has 27 heavy (non-hydrogen) atoms. The Hall–Kier alpha value is -3.22. The van der Waals surface area contributed by atoms with Gasteiger partial charge in [0, 0.05) is 23.8 Å². The van der Waals surface area contributed by atoms with Gasteiger partial charge in [-0.1, -0.05) is 19.9 Å². The number of urea groups is 1. The maximum atomic E-state index is 12.0. The Morgan fingerprint density at radius 3 is 2.33 bits per heavy atom. The summed E-state index contributed by atoms with van der Waals surface area (Å²) in [5, 5.41) is 8.39. The van der Waals surface area contributed by atoms with Gasteiger partial charge in [-0.2, -0.15) is 0 Å². The van der Waals surface area contributed by atoms with Crippen LogP contribution in [0.25, 0.3) is 0 Å². The smallest absolute Gasteiger partial charge is 0.319 e. The lowest BCUT2D eigenvalue weighted by Crippen LogP contribution is -2.30. The van der Waals surface area contributed by atoms with E-state index in [1.54, 1.807) is 24.3 Å². The van der Waals surface area contributed by atoms with Gasteiger partial charge in [-0.15, -0.1) is 0 Å². The minimum absolute atomic E-state index is 0.0445. The van der Waals surface area contributed by atoms with E-state index in [2.05, 4.69) is 16.0 Å². The van der Waals surface area contributed by atoms with Crippen molar-refractivity contribution in [2.24, 2.45) is 5.92 Å². The van der Waals surface area contributed by atoms with E-state index < -0.39 is 0 Å². The summed E-state index contributed by atoms with van der Waals surface area (Å²) in [5.74, 6) is 1.36. The van der Waals surface area contributed by atoms with Gasteiger partial charge in [0.1, 0.15) is 0 Å². The molecule has 2 aromatic rings. The highest BCUT2D eigenvalue weighted by molar-refractivity contribution is 5.93. The summed E-state index contributed by atoms with van der Waals surface area (Å²) in [6.45, 7) is 4.41. The molecule has 0 aromatic heterocycles. The van der Waals surface area contributed by atoms with Crippen LogP contribution >= 0.6 is 0 Å². The average molecular weight is 369 g/mol. The van der Waals surface area contributed by atoms with E-state index in [1.165, 1.54) is 0 Å².